The zero-order chi connectivity index (χ0) is 20.0. The van der Waals surface area contributed by atoms with Crippen molar-refractivity contribution in [3.05, 3.63) is 23.8 Å². The van der Waals surface area contributed by atoms with Gasteiger partial charge >= 0.3 is 5.97 Å². The lowest BCUT2D eigenvalue weighted by atomic mass is 9.80. The Morgan fingerprint density at radius 2 is 2.04 bits per heavy atom. The number of nitrogens with one attached hydrogen (secondary N) is 2. The van der Waals surface area contributed by atoms with E-state index in [1.165, 1.54) is 0 Å². The third-order valence-corrected chi connectivity index (χ3v) is 5.32. The van der Waals surface area contributed by atoms with Gasteiger partial charge in [-0.15, -0.1) is 0 Å². The summed E-state index contributed by atoms with van der Waals surface area (Å²) in [5.41, 5.74) is 0.942. The molecule has 152 valence electrons. The number of fused-ring (bicyclic) bond motifs is 1. The second-order valence-corrected chi connectivity index (χ2v) is 7.29. The number of aryl methyl sites for hydroxylation is 1. The van der Waals surface area contributed by atoms with Crippen LogP contribution in [0, 0.1) is 5.41 Å². The molecule has 1 fully saturated rings. The number of carboxylic acid groups (broad SMARTS) is 1. The quantitative estimate of drug-likeness (QED) is 0.583. The summed E-state index contributed by atoms with van der Waals surface area (Å²) in [7, 11) is 0. The number of carbonyl (C=O) groups is 3. The van der Waals surface area contributed by atoms with Gasteiger partial charge in [0.2, 0.25) is 11.8 Å². The van der Waals surface area contributed by atoms with E-state index in [9.17, 15) is 19.5 Å². The molecule has 1 saturated heterocycles. The normalized spacial score (nSPS) is 17.9. The number of anilines is 1. The zero-order valence-corrected chi connectivity index (χ0v) is 15.8. The van der Waals surface area contributed by atoms with Crippen molar-refractivity contribution in [3.63, 3.8) is 0 Å². The SMILES string of the molecule is O=C(CCCOc1ccc2c(c1)CCC(=O)N2)NCC1(C(=O)O)CCOCC1. The molecule has 2 amide bonds. The Morgan fingerprint density at radius 1 is 1.25 bits per heavy atom. The molecule has 28 heavy (non-hydrogen) atoms. The van der Waals surface area contributed by atoms with Crippen molar-refractivity contribution in [1.29, 1.82) is 0 Å². The van der Waals surface area contributed by atoms with Crippen molar-refractivity contribution in [3.8, 4) is 5.75 Å². The number of carboxylic acids is 1. The highest BCUT2D eigenvalue weighted by Gasteiger charge is 2.40. The Hall–Kier alpha value is -2.61. The van der Waals surface area contributed by atoms with E-state index in [1.807, 2.05) is 12.1 Å². The van der Waals surface area contributed by atoms with Crippen molar-refractivity contribution >= 4 is 23.5 Å². The van der Waals surface area contributed by atoms with E-state index in [2.05, 4.69) is 10.6 Å². The fraction of sp³-hybridized carbons (Fsp3) is 0.550. The van der Waals surface area contributed by atoms with Crippen LogP contribution in [0.1, 0.15) is 37.7 Å². The van der Waals surface area contributed by atoms with Gasteiger partial charge in [-0.05, 0) is 49.4 Å². The van der Waals surface area contributed by atoms with Crippen LogP contribution in [0.4, 0.5) is 5.69 Å². The smallest absolute Gasteiger partial charge is 0.311 e. The highest BCUT2D eigenvalue weighted by atomic mass is 16.5. The Kier molecular flexibility index (Phi) is 6.51. The van der Waals surface area contributed by atoms with Crippen molar-refractivity contribution in [2.45, 2.75) is 38.5 Å². The third-order valence-electron chi connectivity index (χ3n) is 5.32. The molecule has 0 bridgehead atoms. The van der Waals surface area contributed by atoms with E-state index < -0.39 is 11.4 Å². The van der Waals surface area contributed by atoms with Crippen LogP contribution in [0.5, 0.6) is 5.75 Å². The van der Waals surface area contributed by atoms with E-state index in [-0.39, 0.29) is 24.8 Å². The molecule has 2 heterocycles. The van der Waals surface area contributed by atoms with Crippen molar-refractivity contribution in [1.82, 2.24) is 5.32 Å². The maximum Gasteiger partial charge on any atom is 0.311 e. The monoisotopic (exact) mass is 390 g/mol. The fourth-order valence-electron chi connectivity index (χ4n) is 3.46. The van der Waals surface area contributed by atoms with Gasteiger partial charge in [0.1, 0.15) is 5.75 Å². The van der Waals surface area contributed by atoms with Crippen LogP contribution in [-0.2, 0) is 25.5 Å². The van der Waals surface area contributed by atoms with Crippen molar-refractivity contribution in [2.75, 3.05) is 31.7 Å². The highest BCUT2D eigenvalue weighted by molar-refractivity contribution is 5.94. The van der Waals surface area contributed by atoms with Crippen LogP contribution in [0.15, 0.2) is 18.2 Å². The molecular formula is C20H26N2O6. The lowest BCUT2D eigenvalue weighted by Crippen LogP contribution is -2.46. The lowest BCUT2D eigenvalue weighted by molar-refractivity contribution is -0.154. The van der Waals surface area contributed by atoms with Crippen LogP contribution >= 0.6 is 0 Å². The first-order valence-electron chi connectivity index (χ1n) is 9.62. The number of carbonyl (C=O) groups excluding carboxylic acids is 2. The second kappa shape index (κ2) is 9.05. The van der Waals surface area contributed by atoms with Crippen LogP contribution in [0.3, 0.4) is 0 Å². The first-order chi connectivity index (χ1) is 13.5. The molecule has 0 aliphatic carbocycles. The minimum atomic E-state index is -0.928. The van der Waals surface area contributed by atoms with Gasteiger partial charge in [-0.3, -0.25) is 14.4 Å². The molecule has 1 aromatic carbocycles. The maximum atomic E-state index is 12.1. The van der Waals surface area contributed by atoms with Gasteiger partial charge in [-0.2, -0.15) is 0 Å². The van der Waals surface area contributed by atoms with Crippen molar-refractivity contribution in [2.24, 2.45) is 5.41 Å². The van der Waals surface area contributed by atoms with Crippen LogP contribution < -0.4 is 15.4 Å². The van der Waals surface area contributed by atoms with E-state index >= 15 is 0 Å². The van der Waals surface area contributed by atoms with Gasteiger partial charge in [0.05, 0.1) is 12.0 Å². The summed E-state index contributed by atoms with van der Waals surface area (Å²) in [6, 6.07) is 5.54. The fourth-order valence-corrected chi connectivity index (χ4v) is 3.46. The van der Waals surface area contributed by atoms with Gasteiger partial charge in [0, 0.05) is 38.3 Å². The standard InChI is InChI=1S/C20H26N2O6/c23-17(21-13-20(19(25)26)7-10-27-11-8-20)2-1-9-28-15-4-5-16-14(12-15)3-6-18(24)22-16/h4-5,12H,1-3,6-11,13H2,(H,21,23)(H,22,24)(H,25,26). The number of ether oxygens (including phenoxy) is 2. The molecular weight excluding hydrogens is 364 g/mol. The molecule has 2 aliphatic rings. The summed E-state index contributed by atoms with van der Waals surface area (Å²) in [4.78, 5) is 35.0. The first-order valence-corrected chi connectivity index (χ1v) is 9.62. The van der Waals surface area contributed by atoms with Gasteiger partial charge in [0.25, 0.3) is 0 Å². The third kappa shape index (κ3) is 5.01. The van der Waals surface area contributed by atoms with E-state index in [0.717, 1.165) is 11.3 Å². The summed E-state index contributed by atoms with van der Waals surface area (Å²) in [6.45, 7) is 1.32. The molecule has 0 saturated carbocycles. The lowest BCUT2D eigenvalue weighted by Gasteiger charge is -2.33. The molecule has 0 aromatic heterocycles. The molecule has 0 spiro atoms. The molecule has 8 heteroatoms. The summed E-state index contributed by atoms with van der Waals surface area (Å²) < 4.78 is 10.9. The van der Waals surface area contributed by atoms with Crippen LogP contribution in [0.25, 0.3) is 0 Å². The topological polar surface area (TPSA) is 114 Å². The van der Waals surface area contributed by atoms with Crippen LogP contribution in [0.2, 0.25) is 0 Å². The Morgan fingerprint density at radius 3 is 2.79 bits per heavy atom. The maximum absolute atomic E-state index is 12.1. The Labute approximate surface area is 163 Å². The van der Waals surface area contributed by atoms with Gasteiger partial charge in [-0.25, -0.2) is 0 Å². The summed E-state index contributed by atoms with van der Waals surface area (Å²) in [5, 5.41) is 15.1. The molecule has 0 radical (unpaired) electrons. The van der Waals surface area contributed by atoms with E-state index in [0.29, 0.717) is 57.7 Å². The summed E-state index contributed by atoms with van der Waals surface area (Å²) in [5.74, 6) is -0.327. The minimum absolute atomic E-state index is 0.0256. The molecule has 2 aliphatic heterocycles. The average Bonchev–Trinajstić information content (AvgIpc) is 2.70. The Balaban J connectivity index is 1.38. The zero-order valence-electron chi connectivity index (χ0n) is 15.8. The number of amides is 2. The number of rotatable bonds is 8. The van der Waals surface area contributed by atoms with Crippen molar-refractivity contribution < 1.29 is 29.0 Å². The molecule has 1 aromatic rings. The number of benzene rings is 1. The largest absolute Gasteiger partial charge is 0.494 e. The first kappa shape index (κ1) is 20.1. The summed E-state index contributed by atoms with van der Waals surface area (Å²) >= 11 is 0. The number of aliphatic carboxylic acids is 1. The predicted molar refractivity (Wildman–Crippen MR) is 101 cm³/mol. The second-order valence-electron chi connectivity index (χ2n) is 7.29. The highest BCUT2D eigenvalue weighted by Crippen LogP contribution is 2.30. The number of hydrogen-bond acceptors (Lipinski definition) is 5. The molecule has 0 atom stereocenters. The van der Waals surface area contributed by atoms with E-state index in [4.69, 9.17) is 9.47 Å². The van der Waals surface area contributed by atoms with Gasteiger partial charge < -0.3 is 25.2 Å². The van der Waals surface area contributed by atoms with E-state index in [1.54, 1.807) is 6.07 Å². The molecule has 8 nitrogen and oxygen atoms in total. The number of hydrogen-bond donors (Lipinski definition) is 3. The summed E-state index contributed by atoms with van der Waals surface area (Å²) in [6.07, 6.45) is 2.78. The average molecular weight is 390 g/mol. The molecule has 0 unspecified atom stereocenters. The van der Waals surface area contributed by atoms with Crippen LogP contribution in [-0.4, -0.2) is 49.3 Å². The molecule has 3 N–H and O–H groups in total. The van der Waals surface area contributed by atoms with Gasteiger partial charge in [-0.1, -0.05) is 0 Å². The van der Waals surface area contributed by atoms with Gasteiger partial charge in [0.15, 0.2) is 0 Å². The Bertz CT molecular complexity index is 742. The minimum Gasteiger partial charge on any atom is -0.494 e. The predicted octanol–water partition coefficient (Wildman–Crippen LogP) is 1.73. The molecule has 3 rings (SSSR count).